The van der Waals surface area contributed by atoms with Gasteiger partial charge in [0.1, 0.15) is 10.4 Å². The molecule has 3 N–H and O–H groups in total. The highest BCUT2D eigenvalue weighted by Gasteiger charge is 2.11. The monoisotopic (exact) mass is 300 g/mol. The minimum Gasteiger partial charge on any atom is -0.507 e. The Morgan fingerprint density at radius 1 is 1.38 bits per heavy atom. The first-order valence-corrected chi connectivity index (χ1v) is 7.72. The molecule has 0 aliphatic carbocycles. The molecule has 0 amide bonds. The second-order valence-corrected chi connectivity index (χ2v) is 5.66. The normalized spacial score (nSPS) is 11.9. The number of hydrogen-bond acceptors (Lipinski definition) is 4. The second-order valence-electron chi connectivity index (χ2n) is 4.75. The van der Waals surface area contributed by atoms with Gasteiger partial charge in [0.25, 0.3) is 5.56 Å². The van der Waals surface area contributed by atoms with Crippen LogP contribution in [-0.2, 0) is 0 Å². The summed E-state index contributed by atoms with van der Waals surface area (Å²) in [7, 11) is 0. The average Bonchev–Trinajstić information content (AvgIpc) is 2.96. The standard InChI is InChI=1S/C16H16N2O2S/c1-2-17-8-3-4-10-13(19)6-5-12-14(10)11-7-9-21-15(11)16(20)18-12/h3-7,9,17,19H,2,8H2,1H3,(H,18,20)/b4-3+. The SMILES string of the molecule is CCNC/C=C/c1c(O)ccc2[nH]c(=O)c3sccc3c12. The number of phenolic OH excluding ortho intramolecular Hbond substituents is 1. The van der Waals surface area contributed by atoms with E-state index < -0.39 is 0 Å². The maximum absolute atomic E-state index is 12.0. The molecular formula is C16H16N2O2S. The van der Waals surface area contributed by atoms with Gasteiger partial charge in [0.05, 0.1) is 0 Å². The van der Waals surface area contributed by atoms with E-state index in [1.807, 2.05) is 30.5 Å². The van der Waals surface area contributed by atoms with Crippen LogP contribution < -0.4 is 10.9 Å². The van der Waals surface area contributed by atoms with Crippen LogP contribution in [0.5, 0.6) is 5.75 Å². The van der Waals surface area contributed by atoms with Crippen molar-refractivity contribution < 1.29 is 5.11 Å². The third-order valence-corrected chi connectivity index (χ3v) is 4.32. The Bertz CT molecular complexity index is 877. The summed E-state index contributed by atoms with van der Waals surface area (Å²) in [5.41, 5.74) is 1.40. The third-order valence-electron chi connectivity index (χ3n) is 3.41. The minimum atomic E-state index is -0.0826. The van der Waals surface area contributed by atoms with Crippen molar-refractivity contribution in [2.45, 2.75) is 6.92 Å². The first kappa shape index (κ1) is 13.9. The van der Waals surface area contributed by atoms with E-state index in [4.69, 9.17) is 0 Å². The largest absolute Gasteiger partial charge is 0.507 e. The molecule has 1 aromatic carbocycles. The van der Waals surface area contributed by atoms with Crippen LogP contribution in [0.15, 0.2) is 34.4 Å². The minimum absolute atomic E-state index is 0.0826. The molecular weight excluding hydrogens is 284 g/mol. The summed E-state index contributed by atoms with van der Waals surface area (Å²) in [5.74, 6) is 0.217. The van der Waals surface area contributed by atoms with E-state index in [1.165, 1.54) is 11.3 Å². The Morgan fingerprint density at radius 3 is 3.05 bits per heavy atom. The number of hydrogen-bond donors (Lipinski definition) is 3. The summed E-state index contributed by atoms with van der Waals surface area (Å²) in [5, 5.41) is 17.0. The lowest BCUT2D eigenvalue weighted by molar-refractivity contribution is 0.475. The summed E-state index contributed by atoms with van der Waals surface area (Å²) >= 11 is 1.41. The van der Waals surface area contributed by atoms with Crippen LogP contribution in [0.2, 0.25) is 0 Å². The van der Waals surface area contributed by atoms with E-state index in [0.29, 0.717) is 4.70 Å². The molecule has 4 nitrogen and oxygen atoms in total. The molecule has 0 bridgehead atoms. The topological polar surface area (TPSA) is 65.1 Å². The van der Waals surface area contributed by atoms with Crippen LogP contribution in [0.1, 0.15) is 12.5 Å². The van der Waals surface area contributed by atoms with Gasteiger partial charge in [-0.2, -0.15) is 0 Å². The van der Waals surface area contributed by atoms with Crippen LogP contribution >= 0.6 is 11.3 Å². The number of H-pyrrole nitrogens is 1. The summed E-state index contributed by atoms with van der Waals surface area (Å²) in [6.45, 7) is 3.68. The van der Waals surface area contributed by atoms with Gasteiger partial charge in [-0.1, -0.05) is 19.1 Å². The Kier molecular flexibility index (Phi) is 3.77. The maximum Gasteiger partial charge on any atom is 0.266 e. The van der Waals surface area contributed by atoms with Gasteiger partial charge in [0.15, 0.2) is 0 Å². The molecule has 0 spiro atoms. The summed E-state index contributed by atoms with van der Waals surface area (Å²) < 4.78 is 0.689. The molecule has 0 saturated carbocycles. The summed E-state index contributed by atoms with van der Waals surface area (Å²) in [6.07, 6.45) is 3.87. The molecule has 0 saturated heterocycles. The number of rotatable bonds is 4. The molecule has 0 aliphatic heterocycles. The zero-order valence-electron chi connectivity index (χ0n) is 11.6. The molecule has 0 atom stereocenters. The van der Waals surface area contributed by atoms with Gasteiger partial charge in [-0.05, 0) is 30.1 Å². The zero-order chi connectivity index (χ0) is 14.8. The van der Waals surface area contributed by atoms with E-state index in [2.05, 4.69) is 10.3 Å². The van der Waals surface area contributed by atoms with Crippen molar-refractivity contribution >= 4 is 38.4 Å². The van der Waals surface area contributed by atoms with E-state index in [9.17, 15) is 9.90 Å². The van der Waals surface area contributed by atoms with Gasteiger partial charge in [0.2, 0.25) is 0 Å². The van der Waals surface area contributed by atoms with Crippen molar-refractivity contribution in [3.05, 3.63) is 45.6 Å². The highest BCUT2D eigenvalue weighted by molar-refractivity contribution is 7.17. The number of aromatic hydroxyl groups is 1. The number of aromatic amines is 1. The molecule has 2 heterocycles. The van der Waals surface area contributed by atoms with Crippen molar-refractivity contribution in [2.24, 2.45) is 0 Å². The number of likely N-dealkylation sites (N-methyl/N-ethyl adjacent to an activating group) is 1. The molecule has 3 rings (SSSR count). The highest BCUT2D eigenvalue weighted by atomic mass is 32.1. The Hall–Kier alpha value is -2.11. The predicted molar refractivity (Wildman–Crippen MR) is 89.2 cm³/mol. The number of phenols is 1. The molecule has 0 fully saturated rings. The van der Waals surface area contributed by atoms with E-state index in [-0.39, 0.29) is 11.3 Å². The average molecular weight is 300 g/mol. The number of benzene rings is 1. The van der Waals surface area contributed by atoms with Crippen LogP contribution in [0.25, 0.3) is 27.1 Å². The van der Waals surface area contributed by atoms with Crippen molar-refractivity contribution in [3.63, 3.8) is 0 Å². The molecule has 0 radical (unpaired) electrons. The molecule has 0 aliphatic rings. The molecule has 21 heavy (non-hydrogen) atoms. The fraction of sp³-hybridized carbons (Fsp3) is 0.188. The Balaban J connectivity index is 2.26. The Labute approximate surface area is 125 Å². The van der Waals surface area contributed by atoms with Gasteiger partial charge >= 0.3 is 0 Å². The zero-order valence-corrected chi connectivity index (χ0v) is 12.5. The number of thiophene rings is 1. The lowest BCUT2D eigenvalue weighted by Crippen LogP contribution is -2.11. The van der Waals surface area contributed by atoms with E-state index >= 15 is 0 Å². The fourth-order valence-corrected chi connectivity index (χ4v) is 3.23. The van der Waals surface area contributed by atoms with Crippen molar-refractivity contribution in [1.82, 2.24) is 10.3 Å². The number of aromatic nitrogens is 1. The third kappa shape index (κ3) is 2.46. The highest BCUT2D eigenvalue weighted by Crippen LogP contribution is 2.33. The number of fused-ring (bicyclic) bond motifs is 3. The van der Waals surface area contributed by atoms with Gasteiger partial charge in [0, 0.05) is 28.4 Å². The van der Waals surface area contributed by atoms with Crippen LogP contribution in [0.4, 0.5) is 0 Å². The van der Waals surface area contributed by atoms with Crippen molar-refractivity contribution in [2.75, 3.05) is 13.1 Å². The van der Waals surface area contributed by atoms with Crippen LogP contribution in [0.3, 0.4) is 0 Å². The fourth-order valence-electron chi connectivity index (χ4n) is 2.44. The molecule has 3 aromatic rings. The van der Waals surface area contributed by atoms with E-state index in [0.717, 1.165) is 34.9 Å². The van der Waals surface area contributed by atoms with Crippen molar-refractivity contribution in [1.29, 1.82) is 0 Å². The molecule has 0 unspecified atom stereocenters. The first-order valence-electron chi connectivity index (χ1n) is 6.84. The van der Waals surface area contributed by atoms with Gasteiger partial charge < -0.3 is 15.4 Å². The lowest BCUT2D eigenvalue weighted by atomic mass is 10.0. The number of nitrogens with one attached hydrogen (secondary N) is 2. The van der Waals surface area contributed by atoms with Gasteiger partial charge in [-0.3, -0.25) is 4.79 Å². The Morgan fingerprint density at radius 2 is 2.24 bits per heavy atom. The second kappa shape index (κ2) is 5.71. The lowest BCUT2D eigenvalue weighted by Gasteiger charge is -2.07. The summed E-state index contributed by atoms with van der Waals surface area (Å²) in [6, 6.07) is 5.28. The molecule has 2 aromatic heterocycles. The van der Waals surface area contributed by atoms with Crippen molar-refractivity contribution in [3.8, 4) is 5.75 Å². The quantitative estimate of drug-likeness (QED) is 0.649. The van der Waals surface area contributed by atoms with Gasteiger partial charge in [-0.15, -0.1) is 11.3 Å². The van der Waals surface area contributed by atoms with E-state index in [1.54, 1.807) is 12.1 Å². The first-order chi connectivity index (χ1) is 10.2. The molecule has 5 heteroatoms. The molecule has 108 valence electrons. The van der Waals surface area contributed by atoms with Gasteiger partial charge in [-0.25, -0.2) is 0 Å². The van der Waals surface area contributed by atoms with Crippen LogP contribution in [0, 0.1) is 0 Å². The summed E-state index contributed by atoms with van der Waals surface area (Å²) in [4.78, 5) is 14.9. The smallest absolute Gasteiger partial charge is 0.266 e. The maximum atomic E-state index is 12.0. The number of pyridine rings is 1. The van der Waals surface area contributed by atoms with Crippen LogP contribution in [-0.4, -0.2) is 23.2 Å². The predicted octanol–water partition coefficient (Wildman–Crippen LogP) is 3.07.